The van der Waals surface area contributed by atoms with Gasteiger partial charge < -0.3 is 15.4 Å². The van der Waals surface area contributed by atoms with Gasteiger partial charge in [0.05, 0.1) is 29.0 Å². The lowest BCUT2D eigenvalue weighted by atomic mass is 9.98. The van der Waals surface area contributed by atoms with Gasteiger partial charge in [0.15, 0.2) is 5.78 Å². The van der Waals surface area contributed by atoms with Crippen molar-refractivity contribution < 1.29 is 14.5 Å². The Balaban J connectivity index is 1.71. The Morgan fingerprint density at radius 2 is 1.79 bits per heavy atom. The predicted molar refractivity (Wildman–Crippen MR) is 107 cm³/mol. The summed E-state index contributed by atoms with van der Waals surface area (Å²) >= 11 is 5.86. The van der Waals surface area contributed by atoms with Crippen LogP contribution in [0.3, 0.4) is 0 Å². The van der Waals surface area contributed by atoms with Crippen molar-refractivity contribution in [2.75, 3.05) is 6.54 Å². The maximum Gasteiger partial charge on any atom is 0.390 e. The normalized spacial score (nSPS) is 10.6. The van der Waals surface area contributed by atoms with E-state index in [2.05, 4.69) is 10.4 Å². The molecule has 0 saturated carbocycles. The molecule has 0 atom stereocenters. The highest BCUT2D eigenvalue weighted by molar-refractivity contribution is 6.30. The van der Waals surface area contributed by atoms with E-state index in [1.807, 2.05) is 0 Å². The van der Waals surface area contributed by atoms with Crippen molar-refractivity contribution in [3.63, 3.8) is 0 Å². The molecule has 1 heterocycles. The molecule has 29 heavy (non-hydrogen) atoms. The maximum absolute atomic E-state index is 12.8. The van der Waals surface area contributed by atoms with Gasteiger partial charge >= 0.3 is 5.82 Å². The van der Waals surface area contributed by atoms with Crippen LogP contribution >= 0.6 is 11.6 Å². The second kappa shape index (κ2) is 8.66. The molecule has 148 valence electrons. The predicted octanol–water partition coefficient (Wildman–Crippen LogP) is 3.41. The van der Waals surface area contributed by atoms with Gasteiger partial charge in [0.25, 0.3) is 5.91 Å². The number of nitrogens with one attached hydrogen (secondary N) is 1. The molecule has 0 aliphatic rings. The molecule has 8 nitrogen and oxygen atoms in total. The van der Waals surface area contributed by atoms with E-state index in [-0.39, 0.29) is 35.8 Å². The van der Waals surface area contributed by atoms with E-state index >= 15 is 0 Å². The van der Waals surface area contributed by atoms with Crippen LogP contribution in [0.25, 0.3) is 0 Å². The lowest BCUT2D eigenvalue weighted by Crippen LogP contribution is -2.29. The molecule has 9 heteroatoms. The number of rotatable bonds is 7. The maximum atomic E-state index is 12.8. The lowest BCUT2D eigenvalue weighted by Gasteiger charge is -2.10. The van der Waals surface area contributed by atoms with Crippen molar-refractivity contribution in [3.8, 4) is 0 Å². The molecule has 0 spiro atoms. The molecule has 0 radical (unpaired) electrons. The van der Waals surface area contributed by atoms with Gasteiger partial charge in [-0.1, -0.05) is 29.8 Å². The molecule has 2 aromatic carbocycles. The second-order valence-electron chi connectivity index (χ2n) is 6.26. The third kappa shape index (κ3) is 4.67. The molecule has 1 N–H and O–H groups in total. The highest BCUT2D eigenvalue weighted by atomic mass is 35.5. The van der Waals surface area contributed by atoms with Crippen molar-refractivity contribution >= 4 is 29.1 Å². The van der Waals surface area contributed by atoms with Gasteiger partial charge in [-0.25, -0.2) is 0 Å². The first-order valence-electron chi connectivity index (χ1n) is 8.73. The molecule has 0 saturated heterocycles. The Morgan fingerprint density at radius 1 is 1.14 bits per heavy atom. The van der Waals surface area contributed by atoms with Gasteiger partial charge in [0.2, 0.25) is 0 Å². The first-order chi connectivity index (χ1) is 13.9. The van der Waals surface area contributed by atoms with Crippen LogP contribution in [0.5, 0.6) is 0 Å². The van der Waals surface area contributed by atoms with Crippen LogP contribution < -0.4 is 5.32 Å². The average molecular weight is 413 g/mol. The zero-order valence-corrected chi connectivity index (χ0v) is 16.2. The number of carbonyl (C=O) groups is 2. The number of aryl methyl sites for hydroxylation is 1. The Hall–Kier alpha value is -3.52. The summed E-state index contributed by atoms with van der Waals surface area (Å²) < 4.78 is 1.45. The summed E-state index contributed by atoms with van der Waals surface area (Å²) in [5, 5.41) is 17.9. The number of hydrogen-bond donors (Lipinski definition) is 1. The fourth-order valence-electron chi connectivity index (χ4n) is 2.81. The minimum atomic E-state index is -0.569. The summed E-state index contributed by atoms with van der Waals surface area (Å²) in [7, 11) is 0. The standard InChI is InChI=1S/C20H17ClN4O4/c1-13-12-18(25(28)29)23-24(13)11-10-22-20(27)17-5-3-2-4-16(17)19(26)14-6-8-15(21)9-7-14/h2-9,12H,10-11H2,1H3,(H,22,27). The van der Waals surface area contributed by atoms with Gasteiger partial charge in [0, 0.05) is 22.7 Å². The number of ketones is 1. The fourth-order valence-corrected chi connectivity index (χ4v) is 2.94. The van der Waals surface area contributed by atoms with E-state index in [4.69, 9.17) is 11.6 Å². The van der Waals surface area contributed by atoms with E-state index in [1.54, 1.807) is 55.5 Å². The summed E-state index contributed by atoms with van der Waals surface area (Å²) in [5.74, 6) is -0.944. The van der Waals surface area contributed by atoms with Crippen LogP contribution in [0.15, 0.2) is 54.6 Å². The number of amides is 1. The number of halogens is 1. The smallest absolute Gasteiger partial charge is 0.358 e. The second-order valence-corrected chi connectivity index (χ2v) is 6.70. The van der Waals surface area contributed by atoms with E-state index in [0.717, 1.165) is 0 Å². The monoisotopic (exact) mass is 412 g/mol. The molecule has 3 aromatic rings. The van der Waals surface area contributed by atoms with Crippen LogP contribution in [-0.4, -0.2) is 32.9 Å². The lowest BCUT2D eigenvalue weighted by molar-refractivity contribution is -0.389. The zero-order valence-electron chi connectivity index (χ0n) is 15.5. The molecule has 0 unspecified atom stereocenters. The van der Waals surface area contributed by atoms with Crippen molar-refractivity contribution in [2.24, 2.45) is 0 Å². The van der Waals surface area contributed by atoms with E-state index in [1.165, 1.54) is 10.7 Å². The number of benzene rings is 2. The van der Waals surface area contributed by atoms with Crippen LogP contribution in [0.1, 0.15) is 32.0 Å². The van der Waals surface area contributed by atoms with Crippen LogP contribution in [0, 0.1) is 17.0 Å². The largest absolute Gasteiger partial charge is 0.390 e. The van der Waals surface area contributed by atoms with Crippen molar-refractivity contribution in [3.05, 3.63) is 92.1 Å². The highest BCUT2D eigenvalue weighted by Gasteiger charge is 2.19. The summed E-state index contributed by atoms with van der Waals surface area (Å²) in [4.78, 5) is 35.6. The number of carbonyl (C=O) groups excluding carboxylic acids is 2. The van der Waals surface area contributed by atoms with Crippen molar-refractivity contribution in [2.45, 2.75) is 13.5 Å². The average Bonchev–Trinajstić information content (AvgIpc) is 3.09. The SMILES string of the molecule is Cc1cc([N+](=O)[O-])nn1CCNC(=O)c1ccccc1C(=O)c1ccc(Cl)cc1. The molecule has 3 rings (SSSR count). The first-order valence-corrected chi connectivity index (χ1v) is 9.11. The minimum absolute atomic E-state index is 0.196. The van der Waals surface area contributed by atoms with Gasteiger partial charge in [-0.2, -0.15) is 4.68 Å². The van der Waals surface area contributed by atoms with Crippen molar-refractivity contribution in [1.82, 2.24) is 15.1 Å². The topological polar surface area (TPSA) is 107 Å². The van der Waals surface area contributed by atoms with Gasteiger partial charge in [-0.15, -0.1) is 0 Å². The van der Waals surface area contributed by atoms with E-state index in [0.29, 0.717) is 16.3 Å². The first kappa shape index (κ1) is 20.2. The Kier molecular flexibility index (Phi) is 6.04. The van der Waals surface area contributed by atoms with Crippen molar-refractivity contribution in [1.29, 1.82) is 0 Å². The van der Waals surface area contributed by atoms with Gasteiger partial charge in [0.1, 0.15) is 0 Å². The number of hydrogen-bond acceptors (Lipinski definition) is 5. The quantitative estimate of drug-likeness (QED) is 0.363. The third-order valence-corrected chi connectivity index (χ3v) is 4.54. The number of nitrogens with zero attached hydrogens (tertiary/aromatic N) is 3. The Bertz CT molecular complexity index is 1080. The molecule has 1 aromatic heterocycles. The minimum Gasteiger partial charge on any atom is -0.358 e. The van der Waals surface area contributed by atoms with Crippen LogP contribution in [0.2, 0.25) is 5.02 Å². The Morgan fingerprint density at radius 3 is 2.41 bits per heavy atom. The van der Waals surface area contributed by atoms with Crippen LogP contribution in [-0.2, 0) is 6.54 Å². The van der Waals surface area contributed by atoms with E-state index in [9.17, 15) is 19.7 Å². The molecule has 0 aliphatic carbocycles. The zero-order chi connectivity index (χ0) is 21.0. The summed E-state index contributed by atoms with van der Waals surface area (Å²) in [6.07, 6.45) is 0. The molecule has 0 aliphatic heterocycles. The molecule has 0 fully saturated rings. The highest BCUT2D eigenvalue weighted by Crippen LogP contribution is 2.17. The third-order valence-electron chi connectivity index (χ3n) is 4.29. The molecule has 0 bridgehead atoms. The molecular weight excluding hydrogens is 396 g/mol. The van der Waals surface area contributed by atoms with Gasteiger partial charge in [-0.3, -0.25) is 9.59 Å². The fraction of sp³-hybridized carbons (Fsp3) is 0.150. The van der Waals surface area contributed by atoms with E-state index < -0.39 is 10.8 Å². The molecular formula is C20H17ClN4O4. The Labute approximate surface area is 171 Å². The van der Waals surface area contributed by atoms with Gasteiger partial charge in [-0.05, 0) is 42.2 Å². The van der Waals surface area contributed by atoms with Crippen LogP contribution in [0.4, 0.5) is 5.82 Å². The summed E-state index contributed by atoms with van der Waals surface area (Å²) in [5.41, 5.74) is 1.56. The number of aromatic nitrogens is 2. The molecule has 1 amide bonds. The summed E-state index contributed by atoms with van der Waals surface area (Å²) in [6, 6.07) is 14.3. The summed E-state index contributed by atoms with van der Waals surface area (Å²) in [6.45, 7) is 2.16. The number of nitro groups is 1.